The van der Waals surface area contributed by atoms with Gasteiger partial charge in [-0.2, -0.15) is 0 Å². The van der Waals surface area contributed by atoms with Crippen LogP contribution in [-0.2, 0) is 6.54 Å². The van der Waals surface area contributed by atoms with Gasteiger partial charge in [-0.15, -0.1) is 23.1 Å². The summed E-state index contributed by atoms with van der Waals surface area (Å²) in [6.45, 7) is 3.74. The van der Waals surface area contributed by atoms with Crippen molar-refractivity contribution in [3.63, 3.8) is 0 Å². The van der Waals surface area contributed by atoms with Gasteiger partial charge in [-0.25, -0.2) is 4.98 Å². The average molecular weight is 375 g/mol. The Morgan fingerprint density at radius 1 is 1.24 bits per heavy atom. The Kier molecular flexibility index (Phi) is 6.37. The van der Waals surface area contributed by atoms with E-state index in [1.54, 1.807) is 11.3 Å². The largest absolute Gasteiger partial charge is 0.355 e. The van der Waals surface area contributed by atoms with Crippen molar-refractivity contribution >= 4 is 29.1 Å². The molecule has 0 saturated heterocycles. The van der Waals surface area contributed by atoms with Gasteiger partial charge in [-0.3, -0.25) is 4.99 Å². The highest BCUT2D eigenvalue weighted by Crippen LogP contribution is 2.44. The van der Waals surface area contributed by atoms with Gasteiger partial charge in [-0.1, -0.05) is 31.0 Å². The van der Waals surface area contributed by atoms with Crippen LogP contribution < -0.4 is 10.6 Å². The number of aliphatic imine (C=N–C) groups is 1. The summed E-state index contributed by atoms with van der Waals surface area (Å²) in [7, 11) is 1.83. The second-order valence-corrected chi connectivity index (χ2v) is 9.31. The molecule has 1 aromatic heterocycles. The Morgan fingerprint density at radius 2 is 2.00 bits per heavy atom. The highest BCUT2D eigenvalue weighted by molar-refractivity contribution is 8.00. The molecule has 1 aliphatic rings. The molecule has 1 heterocycles. The summed E-state index contributed by atoms with van der Waals surface area (Å²) in [5, 5.41) is 8.02. The quantitative estimate of drug-likeness (QED) is 0.587. The number of thiazole rings is 1. The zero-order valence-corrected chi connectivity index (χ0v) is 16.6. The van der Waals surface area contributed by atoms with E-state index >= 15 is 0 Å². The third-order valence-corrected chi connectivity index (χ3v) is 6.88. The molecule has 1 saturated carbocycles. The van der Waals surface area contributed by atoms with Crippen molar-refractivity contribution in [3.8, 4) is 0 Å². The number of aryl methyl sites for hydroxylation is 1. The first-order valence-corrected chi connectivity index (χ1v) is 10.4. The molecule has 0 unspecified atom stereocenters. The van der Waals surface area contributed by atoms with E-state index in [-0.39, 0.29) is 4.75 Å². The highest BCUT2D eigenvalue weighted by Gasteiger charge is 2.35. The van der Waals surface area contributed by atoms with Gasteiger partial charge in [-0.05, 0) is 31.9 Å². The number of hydrogen-bond donors (Lipinski definition) is 2. The topological polar surface area (TPSA) is 49.3 Å². The van der Waals surface area contributed by atoms with Gasteiger partial charge >= 0.3 is 0 Å². The molecular weight excluding hydrogens is 348 g/mol. The molecule has 2 aromatic rings. The van der Waals surface area contributed by atoms with Crippen molar-refractivity contribution in [2.45, 2.75) is 48.8 Å². The van der Waals surface area contributed by atoms with Crippen LogP contribution in [0.1, 0.15) is 35.6 Å². The lowest BCUT2D eigenvalue weighted by atomic mass is 10.1. The van der Waals surface area contributed by atoms with E-state index in [0.29, 0.717) is 0 Å². The lowest BCUT2D eigenvalue weighted by Crippen LogP contribution is -2.44. The summed E-state index contributed by atoms with van der Waals surface area (Å²) in [5.74, 6) is 0.854. The monoisotopic (exact) mass is 374 g/mol. The van der Waals surface area contributed by atoms with Crippen LogP contribution in [0.5, 0.6) is 0 Å². The summed E-state index contributed by atoms with van der Waals surface area (Å²) in [4.78, 5) is 11.4. The minimum atomic E-state index is 0.261. The molecule has 0 bridgehead atoms. The maximum Gasteiger partial charge on any atom is 0.191 e. The standard InChI is InChI=1S/C19H26N4S2/c1-15-12-21-17(24-15)13-22-18(20-2)23-14-19(10-6-7-11-19)25-16-8-4-3-5-9-16/h3-5,8-9,12H,6-7,10-11,13-14H2,1-2H3,(H2,20,22,23). The maximum atomic E-state index is 4.40. The van der Waals surface area contributed by atoms with Crippen molar-refractivity contribution in [1.82, 2.24) is 15.6 Å². The van der Waals surface area contributed by atoms with Crippen LogP contribution in [0, 0.1) is 6.92 Å². The van der Waals surface area contributed by atoms with Gasteiger partial charge in [0.15, 0.2) is 5.96 Å². The van der Waals surface area contributed by atoms with Crippen LogP contribution in [0.15, 0.2) is 46.4 Å². The molecule has 0 spiro atoms. The summed E-state index contributed by atoms with van der Waals surface area (Å²) in [6, 6.07) is 10.7. The molecule has 1 aliphatic carbocycles. The molecule has 1 fully saturated rings. The Hall–Kier alpha value is -1.53. The first kappa shape index (κ1) is 18.3. The SMILES string of the molecule is CN=C(NCc1ncc(C)s1)NCC1(Sc2ccccc2)CCCC1. The molecule has 134 valence electrons. The van der Waals surface area contributed by atoms with E-state index in [1.165, 1.54) is 35.5 Å². The molecular formula is C19H26N4S2. The third-order valence-electron chi connectivity index (χ3n) is 4.47. The number of aromatic nitrogens is 1. The van der Waals surface area contributed by atoms with Crippen LogP contribution in [0.2, 0.25) is 0 Å². The Labute approximate surface area is 158 Å². The molecule has 0 atom stereocenters. The van der Waals surface area contributed by atoms with Gasteiger partial charge in [0.25, 0.3) is 0 Å². The normalized spacial score (nSPS) is 16.8. The number of benzene rings is 1. The van der Waals surface area contributed by atoms with E-state index in [4.69, 9.17) is 0 Å². The van der Waals surface area contributed by atoms with E-state index < -0.39 is 0 Å². The minimum absolute atomic E-state index is 0.261. The number of guanidine groups is 1. The van der Waals surface area contributed by atoms with Gasteiger partial charge in [0.1, 0.15) is 5.01 Å². The molecule has 2 N–H and O–H groups in total. The second kappa shape index (κ2) is 8.72. The lowest BCUT2D eigenvalue weighted by Gasteiger charge is -2.29. The van der Waals surface area contributed by atoms with Crippen molar-refractivity contribution in [1.29, 1.82) is 0 Å². The van der Waals surface area contributed by atoms with Crippen molar-refractivity contribution in [3.05, 3.63) is 46.4 Å². The van der Waals surface area contributed by atoms with E-state index in [2.05, 4.69) is 57.9 Å². The summed E-state index contributed by atoms with van der Waals surface area (Å²) in [6.07, 6.45) is 7.05. The van der Waals surface area contributed by atoms with Crippen LogP contribution in [0.3, 0.4) is 0 Å². The molecule has 0 radical (unpaired) electrons. The van der Waals surface area contributed by atoms with Crippen LogP contribution >= 0.6 is 23.1 Å². The zero-order chi connectivity index (χ0) is 17.5. The van der Waals surface area contributed by atoms with Gasteiger partial charge in [0.05, 0.1) is 6.54 Å². The second-order valence-electron chi connectivity index (χ2n) is 6.45. The Balaban J connectivity index is 1.56. The van der Waals surface area contributed by atoms with Crippen molar-refractivity contribution in [2.24, 2.45) is 4.99 Å². The van der Waals surface area contributed by atoms with Crippen LogP contribution in [-0.4, -0.2) is 29.3 Å². The van der Waals surface area contributed by atoms with E-state index in [1.807, 2.05) is 25.0 Å². The molecule has 6 heteroatoms. The summed E-state index contributed by atoms with van der Waals surface area (Å²) < 4.78 is 0.261. The third kappa shape index (κ3) is 5.22. The number of thioether (sulfide) groups is 1. The van der Waals surface area contributed by atoms with Crippen LogP contribution in [0.4, 0.5) is 0 Å². The summed E-state index contributed by atoms with van der Waals surface area (Å²) in [5.41, 5.74) is 0. The fourth-order valence-electron chi connectivity index (χ4n) is 3.18. The number of nitrogens with one attached hydrogen (secondary N) is 2. The fourth-order valence-corrected chi connectivity index (χ4v) is 5.34. The predicted octanol–water partition coefficient (Wildman–Crippen LogP) is 4.22. The van der Waals surface area contributed by atoms with Gasteiger partial charge < -0.3 is 10.6 Å². The van der Waals surface area contributed by atoms with E-state index in [9.17, 15) is 0 Å². The Morgan fingerprint density at radius 3 is 2.64 bits per heavy atom. The first-order valence-electron chi connectivity index (χ1n) is 8.79. The summed E-state index contributed by atoms with van der Waals surface area (Å²) >= 11 is 3.74. The highest BCUT2D eigenvalue weighted by atomic mass is 32.2. The number of nitrogens with zero attached hydrogens (tertiary/aromatic N) is 2. The number of rotatable bonds is 6. The van der Waals surface area contributed by atoms with Crippen molar-refractivity contribution < 1.29 is 0 Å². The van der Waals surface area contributed by atoms with Crippen molar-refractivity contribution in [2.75, 3.05) is 13.6 Å². The minimum Gasteiger partial charge on any atom is -0.355 e. The molecule has 4 nitrogen and oxygen atoms in total. The lowest BCUT2D eigenvalue weighted by molar-refractivity contribution is 0.582. The van der Waals surface area contributed by atoms with Gasteiger partial charge in [0.2, 0.25) is 0 Å². The predicted molar refractivity (Wildman–Crippen MR) is 109 cm³/mol. The van der Waals surface area contributed by atoms with Crippen LogP contribution in [0.25, 0.3) is 0 Å². The molecule has 1 aromatic carbocycles. The van der Waals surface area contributed by atoms with Gasteiger partial charge in [0, 0.05) is 34.3 Å². The smallest absolute Gasteiger partial charge is 0.191 e. The Bertz CT molecular complexity index is 690. The molecule has 3 rings (SSSR count). The number of hydrogen-bond acceptors (Lipinski definition) is 4. The fraction of sp³-hybridized carbons (Fsp3) is 0.474. The zero-order valence-electron chi connectivity index (χ0n) is 14.9. The maximum absolute atomic E-state index is 4.40. The average Bonchev–Trinajstić information content (AvgIpc) is 3.25. The molecule has 0 aliphatic heterocycles. The van der Waals surface area contributed by atoms with E-state index in [0.717, 1.165) is 24.1 Å². The molecule has 25 heavy (non-hydrogen) atoms. The molecule has 0 amide bonds. The first-order chi connectivity index (χ1) is 12.2.